The summed E-state index contributed by atoms with van der Waals surface area (Å²) < 4.78 is 22.4. The number of aliphatic hydroxyl groups is 2. The second-order valence-corrected chi connectivity index (χ2v) is 11.4. The molecule has 0 aliphatic heterocycles. The zero-order valence-corrected chi connectivity index (χ0v) is 20.7. The average molecular weight is 498 g/mol. The van der Waals surface area contributed by atoms with Crippen LogP contribution in [0.4, 0.5) is 4.39 Å². The fourth-order valence-corrected chi connectivity index (χ4v) is 7.95. The van der Waals surface area contributed by atoms with E-state index in [-0.39, 0.29) is 23.7 Å². The predicted molar refractivity (Wildman–Crippen MR) is 127 cm³/mol. The summed E-state index contributed by atoms with van der Waals surface area (Å²) in [5.74, 6) is -3.05. The molecule has 1 aromatic rings. The summed E-state index contributed by atoms with van der Waals surface area (Å²) in [5, 5.41) is 23.3. The zero-order chi connectivity index (χ0) is 26.1. The first kappa shape index (κ1) is 25.0. The van der Waals surface area contributed by atoms with Crippen molar-refractivity contribution < 1.29 is 33.7 Å². The van der Waals surface area contributed by atoms with Gasteiger partial charge < -0.3 is 14.9 Å². The van der Waals surface area contributed by atoms with Gasteiger partial charge in [-0.15, -0.1) is 0 Å². The molecule has 0 bridgehead atoms. The van der Waals surface area contributed by atoms with Gasteiger partial charge in [0, 0.05) is 29.1 Å². The molecule has 0 unspecified atom stereocenters. The molecule has 192 valence electrons. The molecule has 8 atom stereocenters. The van der Waals surface area contributed by atoms with E-state index in [1.165, 1.54) is 36.7 Å². The highest BCUT2D eigenvalue weighted by Gasteiger charge is 2.75. The van der Waals surface area contributed by atoms with Gasteiger partial charge in [0.25, 0.3) is 0 Å². The first-order valence-electron chi connectivity index (χ1n) is 12.5. The SMILES string of the molecule is C[C@@H]1C[C@@H]2[C@H]3CCC4=CC(=O)C=C[C@]4(C)[C@@]3(F)[C@@H](O)C[C@]2(C)[C@@]1(O)C(=O)COC(=O)c1ccncc1. The van der Waals surface area contributed by atoms with Gasteiger partial charge in [0.2, 0.25) is 5.78 Å². The number of carbonyl (C=O) groups excluding carboxylic acids is 3. The summed E-state index contributed by atoms with van der Waals surface area (Å²) in [7, 11) is 0. The van der Waals surface area contributed by atoms with Crippen molar-refractivity contribution in [1.29, 1.82) is 0 Å². The number of alkyl halides is 1. The third-order valence-electron chi connectivity index (χ3n) is 9.90. The van der Waals surface area contributed by atoms with Crippen molar-refractivity contribution in [3.8, 4) is 0 Å². The number of aliphatic hydroxyl groups excluding tert-OH is 1. The topological polar surface area (TPSA) is 114 Å². The minimum Gasteiger partial charge on any atom is -0.454 e. The molecule has 7 nitrogen and oxygen atoms in total. The second kappa shape index (κ2) is 8.15. The van der Waals surface area contributed by atoms with E-state index >= 15 is 4.39 Å². The van der Waals surface area contributed by atoms with Gasteiger partial charge in [0.1, 0.15) is 5.60 Å². The molecule has 3 saturated carbocycles. The number of hydrogen-bond donors (Lipinski definition) is 2. The molecule has 1 aromatic heterocycles. The fourth-order valence-electron chi connectivity index (χ4n) is 7.95. The van der Waals surface area contributed by atoms with Crippen LogP contribution in [0.15, 0.2) is 48.3 Å². The van der Waals surface area contributed by atoms with E-state index in [0.29, 0.717) is 24.8 Å². The molecule has 2 N–H and O–H groups in total. The monoisotopic (exact) mass is 497 g/mol. The van der Waals surface area contributed by atoms with Gasteiger partial charge in [-0.3, -0.25) is 14.6 Å². The van der Waals surface area contributed by atoms with Crippen molar-refractivity contribution in [2.24, 2.45) is 28.6 Å². The Bertz CT molecular complexity index is 1180. The molecule has 3 fully saturated rings. The number of allylic oxidation sites excluding steroid dienone is 4. The number of nitrogens with zero attached hydrogens (tertiary/aromatic N) is 1. The number of pyridine rings is 1. The van der Waals surface area contributed by atoms with Crippen LogP contribution < -0.4 is 0 Å². The molecule has 0 amide bonds. The van der Waals surface area contributed by atoms with Crippen LogP contribution in [0.25, 0.3) is 0 Å². The highest BCUT2D eigenvalue weighted by molar-refractivity contribution is 6.01. The molecule has 36 heavy (non-hydrogen) atoms. The highest BCUT2D eigenvalue weighted by Crippen LogP contribution is 2.70. The molecule has 5 rings (SSSR count). The number of ether oxygens (including phenoxy) is 1. The van der Waals surface area contributed by atoms with E-state index in [1.807, 2.05) is 0 Å². The van der Waals surface area contributed by atoms with Crippen LogP contribution >= 0.6 is 0 Å². The maximum atomic E-state index is 17.2. The zero-order valence-electron chi connectivity index (χ0n) is 20.7. The Morgan fingerprint density at radius 1 is 1.22 bits per heavy atom. The molecule has 4 aliphatic rings. The smallest absolute Gasteiger partial charge is 0.338 e. The maximum absolute atomic E-state index is 17.2. The summed E-state index contributed by atoms with van der Waals surface area (Å²) in [6.07, 6.45) is 7.03. The lowest BCUT2D eigenvalue weighted by molar-refractivity contribution is -0.219. The van der Waals surface area contributed by atoms with Crippen LogP contribution in [0, 0.1) is 28.6 Å². The number of Topliss-reactive ketones (excluding diaryl/α,β-unsaturated/α-hetero) is 1. The van der Waals surface area contributed by atoms with Gasteiger partial charge in [-0.05, 0) is 68.7 Å². The summed E-state index contributed by atoms with van der Waals surface area (Å²) >= 11 is 0. The van der Waals surface area contributed by atoms with E-state index in [4.69, 9.17) is 4.74 Å². The normalized spacial score (nSPS) is 43.2. The third kappa shape index (κ3) is 3.10. The Hall–Kier alpha value is -2.71. The van der Waals surface area contributed by atoms with Crippen LogP contribution in [0.1, 0.15) is 56.8 Å². The Morgan fingerprint density at radius 2 is 1.92 bits per heavy atom. The van der Waals surface area contributed by atoms with Crippen molar-refractivity contribution in [2.75, 3.05) is 6.61 Å². The molecule has 0 saturated heterocycles. The first-order valence-corrected chi connectivity index (χ1v) is 12.5. The van der Waals surface area contributed by atoms with Gasteiger partial charge in [-0.1, -0.05) is 25.5 Å². The van der Waals surface area contributed by atoms with Crippen molar-refractivity contribution in [1.82, 2.24) is 4.98 Å². The number of carbonyl (C=O) groups is 3. The van der Waals surface area contributed by atoms with E-state index in [9.17, 15) is 24.6 Å². The number of halogens is 1. The summed E-state index contributed by atoms with van der Waals surface area (Å²) in [6.45, 7) is 4.61. The van der Waals surface area contributed by atoms with Gasteiger partial charge in [-0.2, -0.15) is 0 Å². The lowest BCUT2D eigenvalue weighted by atomic mass is 9.44. The Morgan fingerprint density at radius 3 is 2.61 bits per heavy atom. The van der Waals surface area contributed by atoms with Gasteiger partial charge in [0.05, 0.1) is 11.7 Å². The van der Waals surface area contributed by atoms with E-state index in [2.05, 4.69) is 4.98 Å². The van der Waals surface area contributed by atoms with E-state index in [0.717, 1.165) is 0 Å². The number of ketones is 2. The number of hydrogen-bond acceptors (Lipinski definition) is 7. The maximum Gasteiger partial charge on any atom is 0.338 e. The Labute approximate surface area is 209 Å². The predicted octanol–water partition coefficient (Wildman–Crippen LogP) is 3.16. The van der Waals surface area contributed by atoms with Crippen molar-refractivity contribution in [2.45, 2.75) is 63.8 Å². The Balaban J connectivity index is 1.44. The molecule has 0 aromatic carbocycles. The van der Waals surface area contributed by atoms with Crippen LogP contribution in [0.5, 0.6) is 0 Å². The molecule has 0 radical (unpaired) electrons. The standard InChI is InChI=1S/C28H32FNO6/c1-16-12-21-20-5-4-18-13-19(31)6-9-25(18,2)27(20,29)22(32)14-26(21,3)28(16,35)23(33)15-36-24(34)17-7-10-30-11-8-17/h6-11,13,16,20-22,32,35H,4-5,12,14-15H2,1-3H3/t16-,20-,21-,22+,25+,26+,27+,28+/m1/s1. The van der Waals surface area contributed by atoms with Crippen molar-refractivity contribution in [3.63, 3.8) is 0 Å². The van der Waals surface area contributed by atoms with Gasteiger partial charge in [-0.25, -0.2) is 9.18 Å². The number of esters is 1. The lowest BCUT2D eigenvalue weighted by Crippen LogP contribution is -2.69. The number of rotatable bonds is 4. The fraction of sp³-hybridized carbons (Fsp3) is 0.571. The molecular weight excluding hydrogens is 465 g/mol. The van der Waals surface area contributed by atoms with Gasteiger partial charge in [0.15, 0.2) is 18.1 Å². The number of aromatic nitrogens is 1. The van der Waals surface area contributed by atoms with Gasteiger partial charge >= 0.3 is 5.97 Å². The third-order valence-corrected chi connectivity index (χ3v) is 9.90. The van der Waals surface area contributed by atoms with E-state index in [1.54, 1.807) is 26.8 Å². The van der Waals surface area contributed by atoms with Crippen molar-refractivity contribution >= 4 is 17.5 Å². The molecule has 8 heteroatoms. The van der Waals surface area contributed by atoms with Crippen LogP contribution in [0.3, 0.4) is 0 Å². The largest absolute Gasteiger partial charge is 0.454 e. The average Bonchev–Trinajstić information content (AvgIpc) is 3.05. The quantitative estimate of drug-likeness (QED) is 0.615. The summed E-state index contributed by atoms with van der Waals surface area (Å²) in [4.78, 5) is 41.7. The highest BCUT2D eigenvalue weighted by atomic mass is 19.1. The second-order valence-electron chi connectivity index (χ2n) is 11.4. The van der Waals surface area contributed by atoms with Crippen molar-refractivity contribution in [3.05, 3.63) is 53.9 Å². The Kier molecular flexibility index (Phi) is 5.65. The van der Waals surface area contributed by atoms with Crippen LogP contribution in [-0.2, 0) is 14.3 Å². The minimum absolute atomic E-state index is 0.125. The lowest BCUT2D eigenvalue weighted by Gasteiger charge is -2.62. The molecule has 0 spiro atoms. The minimum atomic E-state index is -2.04. The molecule has 1 heterocycles. The first-order chi connectivity index (χ1) is 16.9. The van der Waals surface area contributed by atoms with E-state index < -0.39 is 58.4 Å². The molecule has 4 aliphatic carbocycles. The summed E-state index contributed by atoms with van der Waals surface area (Å²) in [6, 6.07) is 2.93. The molecular formula is C28H32FNO6. The van der Waals surface area contributed by atoms with Crippen LogP contribution in [0.2, 0.25) is 0 Å². The van der Waals surface area contributed by atoms with Crippen LogP contribution in [-0.4, -0.2) is 56.7 Å². The summed E-state index contributed by atoms with van der Waals surface area (Å²) in [5.41, 5.74) is -5.27. The number of fused-ring (bicyclic) bond motifs is 5.